The molecule has 0 aromatic heterocycles. The Kier molecular flexibility index (Phi) is 8.09. The van der Waals surface area contributed by atoms with E-state index in [9.17, 15) is 9.59 Å². The number of carbonyl (C=O) groups excluding carboxylic acids is 2. The minimum atomic E-state index is -0.577. The third-order valence-electron chi connectivity index (χ3n) is 6.92. The van der Waals surface area contributed by atoms with Gasteiger partial charge in [-0.15, -0.1) is 0 Å². The van der Waals surface area contributed by atoms with Crippen LogP contribution in [0, 0.1) is 6.92 Å². The lowest BCUT2D eigenvalue weighted by Crippen LogP contribution is -2.40. The number of hydrogen-bond acceptors (Lipinski definition) is 3. The maximum atomic E-state index is 13.2. The largest absolute Gasteiger partial charge is 0.481 e. The van der Waals surface area contributed by atoms with Gasteiger partial charge in [0.05, 0.1) is 6.04 Å². The summed E-state index contributed by atoms with van der Waals surface area (Å²) in [6, 6.07) is 24.3. The Morgan fingerprint density at radius 2 is 1.75 bits per heavy atom. The topological polar surface area (TPSA) is 49.9 Å². The van der Waals surface area contributed by atoms with Crippen molar-refractivity contribution in [2.45, 2.75) is 58.7 Å². The van der Waals surface area contributed by atoms with E-state index in [-0.39, 0.29) is 17.9 Å². The average molecular weight is 485 g/mol. The number of hydrogen-bond donors (Lipinski definition) is 0. The molecule has 2 atom stereocenters. The van der Waals surface area contributed by atoms with Gasteiger partial charge in [0.15, 0.2) is 6.10 Å². The van der Waals surface area contributed by atoms with E-state index < -0.39 is 6.10 Å². The number of fused-ring (bicyclic) bond motifs is 1. The molecule has 1 aliphatic rings. The van der Waals surface area contributed by atoms with Gasteiger partial charge in [-0.1, -0.05) is 80.1 Å². The van der Waals surface area contributed by atoms with E-state index in [1.54, 1.807) is 4.90 Å². The van der Waals surface area contributed by atoms with Crippen LogP contribution in [0.15, 0.2) is 72.8 Å². The maximum absolute atomic E-state index is 13.2. The van der Waals surface area contributed by atoms with Gasteiger partial charge in [-0.25, -0.2) is 0 Å². The predicted molar refractivity (Wildman–Crippen MR) is 143 cm³/mol. The van der Waals surface area contributed by atoms with Crippen LogP contribution in [0.4, 0.5) is 0 Å². The standard InChI is InChI=1S/C31H36N2O3/c1-5-28(31(35)32(4)21-23-10-8-7-9-11-23)36-26-17-16-24-18-19-33(29(34)6-2)30(27(24)20-26)25-14-12-22(3)13-15-25/h7-17,20,28,30H,5-6,18-19,21H2,1-4H3/t28-,30+/m1/s1. The van der Waals surface area contributed by atoms with E-state index in [2.05, 4.69) is 37.3 Å². The van der Waals surface area contributed by atoms with Gasteiger partial charge in [0.2, 0.25) is 5.91 Å². The van der Waals surface area contributed by atoms with Crippen LogP contribution in [0.2, 0.25) is 0 Å². The van der Waals surface area contributed by atoms with E-state index in [0.29, 0.717) is 31.7 Å². The van der Waals surface area contributed by atoms with E-state index in [1.165, 1.54) is 11.1 Å². The highest BCUT2D eigenvalue weighted by molar-refractivity contribution is 5.81. The molecule has 0 radical (unpaired) electrons. The van der Waals surface area contributed by atoms with E-state index in [0.717, 1.165) is 23.1 Å². The summed E-state index contributed by atoms with van der Waals surface area (Å²) >= 11 is 0. The molecule has 1 aliphatic heterocycles. The Morgan fingerprint density at radius 1 is 1.03 bits per heavy atom. The number of likely N-dealkylation sites (N-methyl/N-ethyl adjacent to an activating group) is 1. The van der Waals surface area contributed by atoms with Crippen LogP contribution in [-0.4, -0.2) is 41.3 Å². The summed E-state index contributed by atoms with van der Waals surface area (Å²) in [5.41, 5.74) is 5.65. The molecule has 0 N–H and O–H groups in total. The van der Waals surface area contributed by atoms with Gasteiger partial charge < -0.3 is 14.5 Å². The lowest BCUT2D eigenvalue weighted by atomic mass is 9.87. The first-order chi connectivity index (χ1) is 17.4. The second-order valence-electron chi connectivity index (χ2n) is 9.56. The first-order valence-corrected chi connectivity index (χ1v) is 12.9. The zero-order valence-corrected chi connectivity index (χ0v) is 21.7. The highest BCUT2D eigenvalue weighted by Crippen LogP contribution is 2.38. The second-order valence-corrected chi connectivity index (χ2v) is 9.56. The molecule has 3 aromatic carbocycles. The van der Waals surface area contributed by atoms with E-state index >= 15 is 0 Å². The molecular formula is C31H36N2O3. The first-order valence-electron chi connectivity index (χ1n) is 12.9. The molecule has 36 heavy (non-hydrogen) atoms. The summed E-state index contributed by atoms with van der Waals surface area (Å²) in [6.45, 7) is 7.17. The van der Waals surface area contributed by atoms with Crippen LogP contribution >= 0.6 is 0 Å². The minimum absolute atomic E-state index is 0.0445. The number of amides is 2. The van der Waals surface area contributed by atoms with Crippen molar-refractivity contribution in [3.63, 3.8) is 0 Å². The summed E-state index contributed by atoms with van der Waals surface area (Å²) in [5, 5.41) is 0. The first kappa shape index (κ1) is 25.5. The summed E-state index contributed by atoms with van der Waals surface area (Å²) in [4.78, 5) is 29.8. The van der Waals surface area contributed by atoms with Gasteiger partial charge in [-0.2, -0.15) is 0 Å². The average Bonchev–Trinajstić information content (AvgIpc) is 2.91. The third-order valence-corrected chi connectivity index (χ3v) is 6.92. The van der Waals surface area contributed by atoms with Crippen molar-refractivity contribution in [2.75, 3.05) is 13.6 Å². The van der Waals surface area contributed by atoms with Gasteiger partial charge >= 0.3 is 0 Å². The number of carbonyl (C=O) groups is 2. The maximum Gasteiger partial charge on any atom is 0.263 e. The Labute approximate surface area is 214 Å². The van der Waals surface area contributed by atoms with Gasteiger partial charge in [-0.3, -0.25) is 9.59 Å². The van der Waals surface area contributed by atoms with E-state index in [1.807, 2.05) is 68.3 Å². The molecule has 3 aromatic rings. The van der Waals surface area contributed by atoms with Crippen molar-refractivity contribution < 1.29 is 14.3 Å². The number of nitrogens with zero attached hydrogens (tertiary/aromatic N) is 2. The van der Waals surface area contributed by atoms with Gasteiger partial charge in [-0.05, 0) is 54.2 Å². The molecule has 4 rings (SSSR count). The highest BCUT2D eigenvalue weighted by Gasteiger charge is 2.32. The van der Waals surface area contributed by atoms with Gasteiger partial charge in [0.1, 0.15) is 5.75 Å². The molecule has 0 saturated carbocycles. The fraction of sp³-hybridized carbons (Fsp3) is 0.355. The second kappa shape index (κ2) is 11.4. The summed E-state index contributed by atoms with van der Waals surface area (Å²) in [7, 11) is 1.82. The Bertz CT molecular complexity index is 1190. The van der Waals surface area contributed by atoms with Crippen molar-refractivity contribution in [3.05, 3.63) is 101 Å². The fourth-order valence-corrected chi connectivity index (χ4v) is 4.90. The Hall–Kier alpha value is -3.60. The predicted octanol–water partition coefficient (Wildman–Crippen LogP) is 5.70. The summed E-state index contributed by atoms with van der Waals surface area (Å²) in [5.74, 6) is 0.753. The normalized spacial score (nSPS) is 15.7. The number of ether oxygens (including phenoxy) is 1. The molecule has 0 spiro atoms. The van der Waals surface area contributed by atoms with Crippen molar-refractivity contribution >= 4 is 11.8 Å². The van der Waals surface area contributed by atoms with Crippen molar-refractivity contribution in [3.8, 4) is 5.75 Å². The quantitative estimate of drug-likeness (QED) is 0.412. The molecule has 0 aliphatic carbocycles. The molecule has 2 amide bonds. The van der Waals surface area contributed by atoms with Crippen LogP contribution in [0.5, 0.6) is 5.75 Å². The zero-order chi connectivity index (χ0) is 25.7. The van der Waals surface area contributed by atoms with Crippen molar-refractivity contribution in [1.82, 2.24) is 9.80 Å². The van der Waals surface area contributed by atoms with Gasteiger partial charge in [0, 0.05) is 26.6 Å². The van der Waals surface area contributed by atoms with Crippen LogP contribution in [0.1, 0.15) is 60.5 Å². The smallest absolute Gasteiger partial charge is 0.263 e. The van der Waals surface area contributed by atoms with Crippen LogP contribution in [0.3, 0.4) is 0 Å². The molecule has 0 fully saturated rings. The number of benzene rings is 3. The molecule has 5 heteroatoms. The molecule has 188 valence electrons. The zero-order valence-electron chi connectivity index (χ0n) is 21.7. The van der Waals surface area contributed by atoms with Crippen LogP contribution in [0.25, 0.3) is 0 Å². The minimum Gasteiger partial charge on any atom is -0.481 e. The lowest BCUT2D eigenvalue weighted by molar-refractivity contribution is -0.138. The SMILES string of the molecule is CCC(=O)N1CCc2ccc(O[C@H](CC)C(=O)N(C)Cc3ccccc3)cc2[C@@H]1c1ccc(C)cc1. The van der Waals surface area contributed by atoms with Crippen molar-refractivity contribution in [2.24, 2.45) is 0 Å². The molecule has 0 saturated heterocycles. The lowest BCUT2D eigenvalue weighted by Gasteiger charge is -2.38. The monoisotopic (exact) mass is 484 g/mol. The number of rotatable bonds is 8. The van der Waals surface area contributed by atoms with Crippen molar-refractivity contribution in [1.29, 1.82) is 0 Å². The Morgan fingerprint density at radius 3 is 2.42 bits per heavy atom. The molecule has 5 nitrogen and oxygen atoms in total. The van der Waals surface area contributed by atoms with Gasteiger partial charge in [0.25, 0.3) is 5.91 Å². The summed E-state index contributed by atoms with van der Waals surface area (Å²) < 4.78 is 6.28. The fourth-order valence-electron chi connectivity index (χ4n) is 4.90. The molecular weight excluding hydrogens is 448 g/mol. The highest BCUT2D eigenvalue weighted by atomic mass is 16.5. The summed E-state index contributed by atoms with van der Waals surface area (Å²) in [6.07, 6.45) is 1.26. The molecule has 0 bridgehead atoms. The molecule has 0 unspecified atom stereocenters. The third kappa shape index (κ3) is 5.62. The van der Waals surface area contributed by atoms with E-state index in [4.69, 9.17) is 4.74 Å². The Balaban J connectivity index is 1.60. The van der Waals surface area contributed by atoms with Crippen LogP contribution in [-0.2, 0) is 22.6 Å². The number of aryl methyl sites for hydroxylation is 1. The molecule has 1 heterocycles. The van der Waals surface area contributed by atoms with Crippen LogP contribution < -0.4 is 4.74 Å².